The van der Waals surface area contributed by atoms with Crippen LogP contribution < -0.4 is 5.32 Å². The Labute approximate surface area is 184 Å². The molecular formula is C18H23ClN4O3S3. The molecule has 1 aromatic heterocycles. The number of hydrogen-bond acceptors (Lipinski definition) is 8. The van der Waals surface area contributed by atoms with E-state index in [1.165, 1.54) is 23.1 Å². The summed E-state index contributed by atoms with van der Waals surface area (Å²) >= 11 is 8.84. The van der Waals surface area contributed by atoms with Crippen LogP contribution >= 0.6 is 34.7 Å². The molecule has 11 heteroatoms. The second kappa shape index (κ2) is 9.20. The fraction of sp³-hybridized carbons (Fsp3) is 0.500. The van der Waals surface area contributed by atoms with Crippen molar-refractivity contribution in [1.82, 2.24) is 15.1 Å². The number of carbonyl (C=O) groups is 1. The summed E-state index contributed by atoms with van der Waals surface area (Å²) < 4.78 is 24.2. The van der Waals surface area contributed by atoms with Crippen molar-refractivity contribution < 1.29 is 13.2 Å². The molecule has 2 aromatic rings. The Morgan fingerprint density at radius 3 is 2.86 bits per heavy atom. The number of halogens is 1. The summed E-state index contributed by atoms with van der Waals surface area (Å²) in [6.45, 7) is 6.10. The largest absolute Gasteiger partial charge is 0.338 e. The Kier molecular flexibility index (Phi) is 7.08. The highest BCUT2D eigenvalue weighted by Crippen LogP contribution is 2.33. The number of amides is 1. The normalized spacial score (nSPS) is 19.1. The first kappa shape index (κ1) is 22.3. The quantitative estimate of drug-likeness (QED) is 0.610. The molecule has 0 spiro atoms. The highest BCUT2D eigenvalue weighted by atomic mass is 35.5. The molecule has 0 aliphatic carbocycles. The summed E-state index contributed by atoms with van der Waals surface area (Å²) in [6, 6.07) is 5.36. The molecule has 1 fully saturated rings. The molecule has 1 aliphatic heterocycles. The third kappa shape index (κ3) is 5.42. The average molecular weight is 475 g/mol. The van der Waals surface area contributed by atoms with Crippen molar-refractivity contribution in [3.05, 3.63) is 28.8 Å². The van der Waals surface area contributed by atoms with Gasteiger partial charge in [0.15, 0.2) is 14.2 Å². The maximum atomic E-state index is 12.9. The van der Waals surface area contributed by atoms with Crippen LogP contribution in [0.15, 0.2) is 22.5 Å². The first-order chi connectivity index (χ1) is 13.7. The number of nitrogens with one attached hydrogen (secondary N) is 1. The molecule has 0 radical (unpaired) electrons. The Hall–Kier alpha value is -1.36. The lowest BCUT2D eigenvalue weighted by Crippen LogP contribution is -2.44. The summed E-state index contributed by atoms with van der Waals surface area (Å²) in [5.74, 6) is 0.127. The molecule has 1 aromatic carbocycles. The molecule has 0 saturated carbocycles. The number of anilines is 2. The van der Waals surface area contributed by atoms with E-state index in [-0.39, 0.29) is 28.7 Å². The molecule has 1 N–H and O–H groups in total. The summed E-state index contributed by atoms with van der Waals surface area (Å²) in [7, 11) is -3.04. The number of aromatic nitrogens is 2. The minimum absolute atomic E-state index is 0.0514. The lowest BCUT2D eigenvalue weighted by atomic mass is 10.2. The topological polar surface area (TPSA) is 92.3 Å². The Bertz CT molecular complexity index is 996. The zero-order valence-electron chi connectivity index (χ0n) is 16.4. The van der Waals surface area contributed by atoms with Gasteiger partial charge in [0.1, 0.15) is 0 Å². The molecular weight excluding hydrogens is 452 g/mol. The summed E-state index contributed by atoms with van der Waals surface area (Å²) in [4.78, 5) is 14.6. The van der Waals surface area contributed by atoms with E-state index in [9.17, 15) is 13.2 Å². The molecule has 2 atom stereocenters. The first-order valence-corrected chi connectivity index (χ1v) is 13.1. The molecule has 0 bridgehead atoms. The van der Waals surface area contributed by atoms with Crippen LogP contribution in [-0.4, -0.2) is 58.8 Å². The van der Waals surface area contributed by atoms with Crippen molar-refractivity contribution in [2.24, 2.45) is 0 Å². The van der Waals surface area contributed by atoms with Crippen LogP contribution in [0.2, 0.25) is 5.02 Å². The number of thioether (sulfide) groups is 1. The monoisotopic (exact) mass is 474 g/mol. The van der Waals surface area contributed by atoms with Gasteiger partial charge in [-0.2, -0.15) is 0 Å². The predicted molar refractivity (Wildman–Crippen MR) is 119 cm³/mol. The molecule has 7 nitrogen and oxygen atoms in total. The molecule has 1 amide bonds. The molecule has 29 heavy (non-hydrogen) atoms. The van der Waals surface area contributed by atoms with Gasteiger partial charge in [-0.05, 0) is 44.9 Å². The summed E-state index contributed by atoms with van der Waals surface area (Å²) in [5.41, 5.74) is 1.78. The van der Waals surface area contributed by atoms with Gasteiger partial charge in [-0.1, -0.05) is 40.8 Å². The Balaban J connectivity index is 1.64. The summed E-state index contributed by atoms with van der Waals surface area (Å²) in [5, 5.41) is 12.4. The number of hydrogen-bond donors (Lipinski definition) is 1. The SMILES string of the molecule is CCN(C(=O)C(C)Sc1nnc(Nc2cccc(Cl)c2C)s1)C1CCS(=O)(=O)C1. The van der Waals surface area contributed by atoms with Crippen LogP contribution in [0.3, 0.4) is 0 Å². The molecule has 1 aliphatic rings. The second-order valence-electron chi connectivity index (χ2n) is 6.85. The number of rotatable bonds is 7. The number of sulfone groups is 1. The maximum absolute atomic E-state index is 12.9. The van der Waals surface area contributed by atoms with Gasteiger partial charge in [0.05, 0.1) is 16.8 Å². The fourth-order valence-electron chi connectivity index (χ4n) is 3.22. The van der Waals surface area contributed by atoms with Crippen molar-refractivity contribution in [3.63, 3.8) is 0 Å². The lowest BCUT2D eigenvalue weighted by molar-refractivity contribution is -0.131. The predicted octanol–water partition coefficient (Wildman–Crippen LogP) is 3.76. The summed E-state index contributed by atoms with van der Waals surface area (Å²) in [6.07, 6.45) is 0.505. The van der Waals surface area contributed by atoms with Gasteiger partial charge in [0.25, 0.3) is 0 Å². The lowest BCUT2D eigenvalue weighted by Gasteiger charge is -2.29. The highest BCUT2D eigenvalue weighted by molar-refractivity contribution is 8.02. The van der Waals surface area contributed by atoms with Crippen LogP contribution in [0, 0.1) is 6.92 Å². The maximum Gasteiger partial charge on any atom is 0.236 e. The molecule has 3 rings (SSSR count). The average Bonchev–Trinajstić information content (AvgIpc) is 3.25. The molecule has 158 valence electrons. The minimum Gasteiger partial charge on any atom is -0.338 e. The van der Waals surface area contributed by atoms with Crippen LogP contribution in [-0.2, 0) is 14.6 Å². The molecule has 2 unspecified atom stereocenters. The zero-order valence-corrected chi connectivity index (χ0v) is 19.6. The number of carbonyl (C=O) groups excluding carboxylic acids is 1. The van der Waals surface area contributed by atoms with Crippen molar-refractivity contribution >= 4 is 61.3 Å². The first-order valence-electron chi connectivity index (χ1n) is 9.23. The van der Waals surface area contributed by atoms with Crippen molar-refractivity contribution in [2.75, 3.05) is 23.4 Å². The van der Waals surface area contributed by atoms with Gasteiger partial charge in [-0.3, -0.25) is 4.79 Å². The number of benzene rings is 1. The fourth-order valence-corrected chi connectivity index (χ4v) is 7.10. The van der Waals surface area contributed by atoms with Gasteiger partial charge in [0, 0.05) is 23.3 Å². The number of nitrogens with zero attached hydrogens (tertiary/aromatic N) is 3. The van der Waals surface area contributed by atoms with Crippen LogP contribution in [0.5, 0.6) is 0 Å². The van der Waals surface area contributed by atoms with Crippen molar-refractivity contribution in [3.8, 4) is 0 Å². The van der Waals surface area contributed by atoms with E-state index < -0.39 is 9.84 Å². The minimum atomic E-state index is -3.04. The third-order valence-corrected chi connectivity index (χ3v) is 8.98. The Morgan fingerprint density at radius 2 is 2.21 bits per heavy atom. The van der Waals surface area contributed by atoms with Gasteiger partial charge in [-0.25, -0.2) is 8.42 Å². The Morgan fingerprint density at radius 1 is 1.45 bits per heavy atom. The van der Waals surface area contributed by atoms with Crippen LogP contribution in [0.4, 0.5) is 10.8 Å². The van der Waals surface area contributed by atoms with Gasteiger partial charge in [-0.15, -0.1) is 10.2 Å². The van der Waals surface area contributed by atoms with Gasteiger partial charge in [0.2, 0.25) is 11.0 Å². The van der Waals surface area contributed by atoms with Crippen molar-refractivity contribution in [1.29, 1.82) is 0 Å². The second-order valence-corrected chi connectivity index (χ2v) is 12.1. The van der Waals surface area contributed by atoms with E-state index in [1.807, 2.05) is 39.0 Å². The van der Waals surface area contributed by atoms with Crippen LogP contribution in [0.1, 0.15) is 25.8 Å². The zero-order chi connectivity index (χ0) is 21.2. The van der Waals surface area contributed by atoms with E-state index >= 15 is 0 Å². The third-order valence-electron chi connectivity index (χ3n) is 4.81. The van der Waals surface area contributed by atoms with Gasteiger partial charge < -0.3 is 10.2 Å². The van der Waals surface area contributed by atoms with Crippen molar-refractivity contribution in [2.45, 2.75) is 42.8 Å². The van der Waals surface area contributed by atoms with E-state index in [0.29, 0.717) is 27.5 Å². The van der Waals surface area contributed by atoms with Crippen LogP contribution in [0.25, 0.3) is 0 Å². The van der Waals surface area contributed by atoms with Gasteiger partial charge >= 0.3 is 0 Å². The van der Waals surface area contributed by atoms with E-state index in [2.05, 4.69) is 15.5 Å². The molecule has 2 heterocycles. The van der Waals surface area contributed by atoms with E-state index in [0.717, 1.165) is 11.3 Å². The van der Waals surface area contributed by atoms with E-state index in [1.54, 1.807) is 4.90 Å². The molecule has 1 saturated heterocycles. The smallest absolute Gasteiger partial charge is 0.236 e. The highest BCUT2D eigenvalue weighted by Gasteiger charge is 2.35. The van der Waals surface area contributed by atoms with E-state index in [4.69, 9.17) is 11.6 Å². The standard InChI is InChI=1S/C18H23ClN4O3S3/c1-4-23(13-8-9-29(25,26)10-13)16(24)12(3)27-18-22-21-17(28-18)20-15-7-5-6-14(19)11(15)2/h5-7,12-13H,4,8-10H2,1-3H3,(H,20,21).